The molecule has 0 bridgehead atoms. The molecule has 4 aromatic carbocycles. The number of hydrogen-bond donors (Lipinski definition) is 0. The van der Waals surface area contributed by atoms with Crippen molar-refractivity contribution in [3.8, 4) is 11.4 Å². The monoisotopic (exact) mass is 416 g/mol. The molecule has 0 aliphatic heterocycles. The number of fused-ring (bicyclic) bond motifs is 2. The first kappa shape index (κ1) is 14.9. The van der Waals surface area contributed by atoms with Crippen molar-refractivity contribution in [3.05, 3.63) is 133 Å². The van der Waals surface area contributed by atoms with E-state index in [1.54, 1.807) is 12.4 Å². The van der Waals surface area contributed by atoms with E-state index in [2.05, 4.69) is 0 Å². The zero-order valence-corrected chi connectivity index (χ0v) is 17.4. The quantitative estimate of drug-likeness (QED) is 0.278. The van der Waals surface area contributed by atoms with E-state index >= 15 is 0 Å². The van der Waals surface area contributed by atoms with E-state index in [0.717, 1.165) is 22.4 Å². The Hall–Kier alpha value is -4.04. The molecule has 2 heterocycles. The minimum absolute atomic E-state index is 0.323. The summed E-state index contributed by atoms with van der Waals surface area (Å²) in [6.07, 6.45) is -1.15. The number of aryl methyl sites for hydroxylation is 2. The molecular formula is C30H24N2. The number of hydrogen-bond acceptors (Lipinski definition) is 0. The average molecular weight is 417 g/mol. The lowest BCUT2D eigenvalue weighted by atomic mass is 10.0. The third-order valence-corrected chi connectivity index (χ3v) is 5.82. The van der Waals surface area contributed by atoms with Crippen molar-refractivity contribution in [2.45, 2.75) is 12.7 Å². The molecular weight excluding hydrogens is 388 g/mol. The van der Waals surface area contributed by atoms with E-state index in [4.69, 9.17) is 0 Å². The maximum atomic E-state index is 9.22. The fourth-order valence-electron chi connectivity index (χ4n) is 4.30. The SMILES string of the molecule is [2H]C([2H])(c1cn(-c2ccccc2)c2ccccc12)C([2H])([2H])c1cn(-c2ccccc2)c2ccccc12. The molecule has 6 rings (SSSR count). The van der Waals surface area contributed by atoms with E-state index in [9.17, 15) is 5.48 Å². The van der Waals surface area contributed by atoms with Crippen molar-refractivity contribution in [3.63, 3.8) is 0 Å². The summed E-state index contributed by atoms with van der Waals surface area (Å²) in [7, 11) is 0. The molecule has 0 fully saturated rings. The standard InChI is InChI=1S/C30H24N2/c1-3-11-25(12-4-1)31-21-23(27-15-7-9-17-29(27)31)19-20-24-22-32(26-13-5-2-6-14-26)30-18-10-8-16-28(24)30/h1-18,21-22H,19-20H2/i19D2,20D2. The van der Waals surface area contributed by atoms with Gasteiger partial charge in [-0.2, -0.15) is 0 Å². The molecule has 154 valence electrons. The lowest BCUT2D eigenvalue weighted by Gasteiger charge is -2.04. The third-order valence-electron chi connectivity index (χ3n) is 5.82. The summed E-state index contributed by atoms with van der Waals surface area (Å²) in [4.78, 5) is 0. The first-order chi connectivity index (χ1) is 17.4. The van der Waals surface area contributed by atoms with Crippen molar-refractivity contribution in [1.82, 2.24) is 9.13 Å². The molecule has 32 heavy (non-hydrogen) atoms. The summed E-state index contributed by atoms with van der Waals surface area (Å²) in [5.74, 6) is 0. The van der Waals surface area contributed by atoms with Gasteiger partial charge in [0.25, 0.3) is 0 Å². The second-order valence-corrected chi connectivity index (χ2v) is 7.78. The highest BCUT2D eigenvalue weighted by Gasteiger charge is 2.13. The summed E-state index contributed by atoms with van der Waals surface area (Å²) in [5.41, 5.74) is 4.12. The Labute approximate surface area is 193 Å². The number of aromatic nitrogens is 2. The van der Waals surface area contributed by atoms with E-state index < -0.39 is 12.7 Å². The number of rotatable bonds is 5. The summed E-state index contributed by atoms with van der Waals surface area (Å²) in [6.45, 7) is 0. The molecule has 0 aliphatic carbocycles. The van der Waals surface area contributed by atoms with Crippen LogP contribution in [0.15, 0.2) is 122 Å². The first-order valence-electron chi connectivity index (χ1n) is 12.7. The normalized spacial score (nSPS) is 14.1. The summed E-state index contributed by atoms with van der Waals surface area (Å²) in [6, 6.07) is 34.7. The van der Waals surface area contributed by atoms with Gasteiger partial charge in [-0.15, -0.1) is 0 Å². The molecule has 0 unspecified atom stereocenters. The lowest BCUT2D eigenvalue weighted by Crippen LogP contribution is -1.92. The van der Waals surface area contributed by atoms with Crippen LogP contribution in [0.25, 0.3) is 33.2 Å². The molecule has 2 heteroatoms. The third kappa shape index (κ3) is 3.21. The van der Waals surface area contributed by atoms with Gasteiger partial charge in [0.2, 0.25) is 0 Å². The Morgan fingerprint density at radius 1 is 0.469 bits per heavy atom. The van der Waals surface area contributed by atoms with Gasteiger partial charge in [0, 0.05) is 40.0 Å². The van der Waals surface area contributed by atoms with Gasteiger partial charge in [0.15, 0.2) is 0 Å². The van der Waals surface area contributed by atoms with E-state index in [0.29, 0.717) is 21.9 Å². The fraction of sp³-hybridized carbons (Fsp3) is 0.0667. The number of benzene rings is 4. The van der Waals surface area contributed by atoms with Crippen molar-refractivity contribution < 1.29 is 5.48 Å². The maximum absolute atomic E-state index is 9.22. The van der Waals surface area contributed by atoms with Crippen LogP contribution in [0.5, 0.6) is 0 Å². The predicted molar refractivity (Wildman–Crippen MR) is 134 cm³/mol. The van der Waals surface area contributed by atoms with Gasteiger partial charge < -0.3 is 9.13 Å². The van der Waals surface area contributed by atoms with Gasteiger partial charge in [-0.25, -0.2) is 0 Å². The highest BCUT2D eigenvalue weighted by molar-refractivity contribution is 5.87. The molecule has 2 nitrogen and oxygen atoms in total. The molecule has 0 saturated heterocycles. The Morgan fingerprint density at radius 3 is 1.28 bits per heavy atom. The van der Waals surface area contributed by atoms with Gasteiger partial charge in [0.05, 0.1) is 11.0 Å². The molecule has 2 aromatic heterocycles. The molecule has 0 spiro atoms. The summed E-state index contributed by atoms with van der Waals surface area (Å²) in [5, 5.41) is 1.39. The fourth-order valence-corrected chi connectivity index (χ4v) is 4.30. The maximum Gasteiger partial charge on any atom is 0.0531 e. The van der Waals surface area contributed by atoms with Gasteiger partial charge in [-0.05, 0) is 60.3 Å². The van der Waals surface area contributed by atoms with Crippen LogP contribution >= 0.6 is 0 Å². The van der Waals surface area contributed by atoms with Crippen LogP contribution in [0.1, 0.15) is 16.6 Å². The Bertz CT molecular complexity index is 1550. The highest BCUT2D eigenvalue weighted by atomic mass is 15.0. The zero-order valence-electron chi connectivity index (χ0n) is 21.4. The molecule has 0 amide bonds. The number of nitrogens with zero attached hydrogens (tertiary/aromatic N) is 2. The predicted octanol–water partition coefficient (Wildman–Crippen LogP) is 7.36. The first-order valence-corrected chi connectivity index (χ1v) is 10.7. The van der Waals surface area contributed by atoms with Crippen molar-refractivity contribution in [1.29, 1.82) is 0 Å². The van der Waals surface area contributed by atoms with Crippen LogP contribution in [0, 0.1) is 0 Å². The van der Waals surface area contributed by atoms with Crippen LogP contribution in [0.4, 0.5) is 0 Å². The van der Waals surface area contributed by atoms with Gasteiger partial charge in [-0.1, -0.05) is 72.8 Å². The molecule has 6 aromatic rings. The van der Waals surface area contributed by atoms with Gasteiger partial charge in [-0.3, -0.25) is 0 Å². The van der Waals surface area contributed by atoms with E-state index in [1.807, 2.05) is 118 Å². The molecule has 0 atom stereocenters. The smallest absolute Gasteiger partial charge is 0.0531 e. The Kier molecular flexibility index (Phi) is 3.67. The molecule has 0 saturated carbocycles. The lowest BCUT2D eigenvalue weighted by molar-refractivity contribution is 0.958. The Morgan fingerprint density at radius 2 is 0.844 bits per heavy atom. The van der Waals surface area contributed by atoms with Gasteiger partial charge in [0.1, 0.15) is 0 Å². The zero-order chi connectivity index (χ0) is 24.9. The van der Waals surface area contributed by atoms with Gasteiger partial charge >= 0.3 is 0 Å². The van der Waals surface area contributed by atoms with Crippen LogP contribution in [-0.4, -0.2) is 9.13 Å². The molecule has 0 N–H and O–H groups in total. The minimum Gasteiger partial charge on any atom is -0.316 e. The second kappa shape index (κ2) is 7.90. The van der Waals surface area contributed by atoms with Crippen molar-refractivity contribution in [2.75, 3.05) is 0 Å². The van der Waals surface area contributed by atoms with E-state index in [-0.39, 0.29) is 0 Å². The molecule has 0 aliphatic rings. The molecule has 0 radical (unpaired) electrons. The summed E-state index contributed by atoms with van der Waals surface area (Å²) < 4.78 is 40.8. The van der Waals surface area contributed by atoms with Crippen LogP contribution in [0.2, 0.25) is 0 Å². The topological polar surface area (TPSA) is 9.86 Å². The van der Waals surface area contributed by atoms with Crippen LogP contribution in [-0.2, 0) is 12.7 Å². The van der Waals surface area contributed by atoms with Crippen LogP contribution < -0.4 is 0 Å². The number of para-hydroxylation sites is 4. The van der Waals surface area contributed by atoms with Crippen molar-refractivity contribution in [2.24, 2.45) is 0 Å². The largest absolute Gasteiger partial charge is 0.316 e. The van der Waals surface area contributed by atoms with Crippen LogP contribution in [0.3, 0.4) is 0 Å². The van der Waals surface area contributed by atoms with Crippen molar-refractivity contribution >= 4 is 21.8 Å². The second-order valence-electron chi connectivity index (χ2n) is 7.78. The summed E-state index contributed by atoms with van der Waals surface area (Å²) >= 11 is 0. The Balaban J connectivity index is 1.56. The minimum atomic E-state index is -2.32. The van der Waals surface area contributed by atoms with E-state index in [1.165, 1.54) is 0 Å². The highest BCUT2D eigenvalue weighted by Crippen LogP contribution is 2.29. The average Bonchev–Trinajstić information content (AvgIpc) is 3.50.